The minimum atomic E-state index is -5.12. The van der Waals surface area contributed by atoms with Crippen LogP contribution in [-0.4, -0.2) is 8.05 Å². The summed E-state index contributed by atoms with van der Waals surface area (Å²) in [7, 11) is -1.26. The maximum atomic E-state index is 10.8. The minimum absolute atomic E-state index is 0. The maximum Gasteiger partial charge on any atom is 1.00 e. The zero-order chi connectivity index (χ0) is 5.21. The van der Waals surface area contributed by atoms with E-state index in [4.69, 9.17) is 9.46 Å². The second-order valence-corrected chi connectivity index (χ2v) is 1.61. The van der Waals surface area contributed by atoms with E-state index < -0.39 is 7.91 Å². The molecule has 0 rings (SSSR count). The molecule has 0 amide bonds. The van der Waals surface area contributed by atoms with Crippen LogP contribution >= 0.6 is 7.91 Å². The molecule has 0 saturated carbocycles. The summed E-state index contributed by atoms with van der Waals surface area (Å²) in [5.41, 5.74) is 0. The molecule has 0 aromatic rings. The molecule has 7 heteroatoms. The summed E-state index contributed by atoms with van der Waals surface area (Å²) in [4.78, 5) is 9.01. The van der Waals surface area contributed by atoms with Gasteiger partial charge in [-0.25, -0.2) is 0 Å². The summed E-state index contributed by atoms with van der Waals surface area (Å²) < 4.78 is 22.6. The molecule has 0 aliphatic rings. The van der Waals surface area contributed by atoms with Gasteiger partial charge in [0.1, 0.15) is 0 Å². The quantitative estimate of drug-likeness (QED) is 0.264. The molecule has 1 atom stereocenters. The molecular weight excluding hydrogens is 116 g/mol. The van der Waals surface area contributed by atoms with Crippen molar-refractivity contribution in [1.82, 2.24) is 0 Å². The van der Waals surface area contributed by atoms with Crippen molar-refractivity contribution >= 4 is 16.0 Å². The number of hydrogen-bond acceptors (Lipinski definition) is 3. The van der Waals surface area contributed by atoms with Crippen molar-refractivity contribution in [2.24, 2.45) is 0 Å². The van der Waals surface area contributed by atoms with Crippen LogP contribution in [0.2, 0.25) is 0 Å². The van der Waals surface area contributed by atoms with E-state index in [0.717, 1.165) is 0 Å². The van der Waals surface area contributed by atoms with Crippen LogP contribution in [0.3, 0.4) is 0 Å². The molecule has 0 aromatic carbocycles. The van der Waals surface area contributed by atoms with Gasteiger partial charge < -0.3 is 9.33 Å². The first kappa shape index (κ1) is 10.7. The van der Waals surface area contributed by atoms with Gasteiger partial charge in [0.15, 0.2) is 0 Å². The predicted molar refractivity (Wildman–Crippen MR) is 15.6 cm³/mol. The monoisotopic (exact) mass is 116 g/mol. The van der Waals surface area contributed by atoms with E-state index in [0.29, 0.717) is 0 Å². The van der Waals surface area contributed by atoms with E-state index in [-0.39, 0.29) is 18.9 Å². The number of hydrogen-bond donors (Lipinski definition) is 0. The molecule has 0 N–H and O–H groups in total. The standard InChI is InChI=1S/BFHO3P.Li/c1-5-6(2,3)4;/h(H,3,4);/q;+1/p-1. The normalized spacial score (nSPS) is 16.9. The van der Waals surface area contributed by atoms with Gasteiger partial charge in [0.2, 0.25) is 0 Å². The molecule has 7 heavy (non-hydrogen) atoms. The Bertz CT molecular complexity index is 79.0. The Labute approximate surface area is 53.5 Å². The largest absolute Gasteiger partial charge is 1.00 e. The van der Waals surface area contributed by atoms with Crippen molar-refractivity contribution in [3.05, 3.63) is 0 Å². The van der Waals surface area contributed by atoms with Gasteiger partial charge >= 0.3 is 18.9 Å². The summed E-state index contributed by atoms with van der Waals surface area (Å²) in [6.45, 7) is 0. The van der Waals surface area contributed by atoms with E-state index in [1.54, 1.807) is 0 Å². The summed E-state index contributed by atoms with van der Waals surface area (Å²) in [5, 5.41) is 0. The van der Waals surface area contributed by atoms with Gasteiger partial charge in [0, 0.05) is 0 Å². The average molecular weight is 116 g/mol. The molecule has 2 radical (unpaired) electrons. The predicted octanol–water partition coefficient (Wildman–Crippen LogP) is -3.47. The van der Waals surface area contributed by atoms with Crippen LogP contribution < -0.4 is 23.8 Å². The van der Waals surface area contributed by atoms with Gasteiger partial charge in [-0.05, 0) is 0 Å². The molecule has 1 unspecified atom stereocenters. The first-order chi connectivity index (χ1) is 2.56. The van der Waals surface area contributed by atoms with E-state index in [1.165, 1.54) is 0 Å². The van der Waals surface area contributed by atoms with Gasteiger partial charge in [0.25, 0.3) is 16.0 Å². The van der Waals surface area contributed by atoms with E-state index in [2.05, 4.69) is 12.5 Å². The van der Waals surface area contributed by atoms with Crippen molar-refractivity contribution < 1.29 is 37.0 Å². The molecule has 0 aliphatic heterocycles. The fourth-order valence-corrected chi connectivity index (χ4v) is 0. The Morgan fingerprint density at radius 3 is 2.00 bits per heavy atom. The third-order valence-electron chi connectivity index (χ3n) is 0.126. The molecule has 0 spiro atoms. The van der Waals surface area contributed by atoms with Crippen molar-refractivity contribution in [3.63, 3.8) is 0 Å². The van der Waals surface area contributed by atoms with Crippen LogP contribution in [0.25, 0.3) is 0 Å². The van der Waals surface area contributed by atoms with Crippen molar-refractivity contribution in [2.45, 2.75) is 0 Å². The Balaban J connectivity index is 0. The van der Waals surface area contributed by atoms with E-state index >= 15 is 0 Å². The fraction of sp³-hybridized carbons (Fsp3) is 0. The van der Waals surface area contributed by atoms with Crippen LogP contribution in [-0.2, 0) is 9.01 Å². The van der Waals surface area contributed by atoms with Gasteiger partial charge in [-0.1, -0.05) is 0 Å². The van der Waals surface area contributed by atoms with Gasteiger partial charge in [-0.2, -0.15) is 4.20 Å². The van der Waals surface area contributed by atoms with Crippen LogP contribution in [0.4, 0.5) is 4.20 Å². The summed E-state index contributed by atoms with van der Waals surface area (Å²) in [6.07, 6.45) is 0. The molecule has 0 aliphatic carbocycles. The maximum absolute atomic E-state index is 10.8. The fourth-order valence-electron chi connectivity index (χ4n) is 0. The first-order valence-corrected chi connectivity index (χ1v) is 2.39. The molecule has 0 bridgehead atoms. The first-order valence-electron chi connectivity index (χ1n) is 0.952. The molecule has 0 saturated heterocycles. The summed E-state index contributed by atoms with van der Waals surface area (Å²) in [6, 6.07) is 0. The molecule has 0 heterocycles. The minimum Gasteiger partial charge on any atom is -0.754 e. The number of halogens is 1. The summed E-state index contributed by atoms with van der Waals surface area (Å²) >= 11 is 0. The zero-order valence-corrected chi connectivity index (χ0v) is 4.52. The molecule has 34 valence electrons. The Morgan fingerprint density at radius 2 is 2.00 bits per heavy atom. The van der Waals surface area contributed by atoms with Crippen molar-refractivity contribution in [1.29, 1.82) is 0 Å². The molecule has 3 nitrogen and oxygen atoms in total. The van der Waals surface area contributed by atoms with Crippen molar-refractivity contribution in [2.75, 3.05) is 0 Å². The Hall–Kier alpha value is 0.742. The second-order valence-electron chi connectivity index (χ2n) is 0.536. The third kappa shape index (κ3) is 10.8. The van der Waals surface area contributed by atoms with Gasteiger partial charge in [-0.3, -0.25) is 4.57 Å². The number of rotatable bonds is 1. The van der Waals surface area contributed by atoms with Crippen LogP contribution in [0, 0.1) is 0 Å². The Kier molecular flexibility index (Phi) is 5.66. The average Bonchev–Trinajstić information content (AvgIpc) is 1.35. The van der Waals surface area contributed by atoms with Gasteiger partial charge in [0.05, 0.1) is 0 Å². The zero-order valence-electron chi connectivity index (χ0n) is 3.63. The molecule has 0 fully saturated rings. The topological polar surface area (TPSA) is 49.4 Å². The molecular formula is BFLiO3P. The van der Waals surface area contributed by atoms with Gasteiger partial charge in [-0.15, -0.1) is 0 Å². The van der Waals surface area contributed by atoms with E-state index in [1.807, 2.05) is 0 Å². The second kappa shape index (κ2) is 3.71. The smallest absolute Gasteiger partial charge is 0.754 e. The SMILES string of the molecule is [B]OP(=O)([O-])F.[Li+]. The van der Waals surface area contributed by atoms with Crippen LogP contribution in [0.15, 0.2) is 0 Å². The Morgan fingerprint density at radius 1 is 1.86 bits per heavy atom. The summed E-state index contributed by atoms with van der Waals surface area (Å²) in [5.74, 6) is 0. The van der Waals surface area contributed by atoms with Crippen LogP contribution in [0.5, 0.6) is 0 Å². The van der Waals surface area contributed by atoms with Crippen LogP contribution in [0.1, 0.15) is 0 Å². The van der Waals surface area contributed by atoms with Crippen molar-refractivity contribution in [3.8, 4) is 0 Å². The molecule has 0 aromatic heterocycles. The third-order valence-corrected chi connectivity index (χ3v) is 0.378. The van der Waals surface area contributed by atoms with E-state index in [9.17, 15) is 4.20 Å².